The van der Waals surface area contributed by atoms with Crippen LogP contribution in [0.3, 0.4) is 0 Å². The number of para-hydroxylation sites is 1. The summed E-state index contributed by atoms with van der Waals surface area (Å²) in [7, 11) is 0. The first kappa shape index (κ1) is 21.3. The van der Waals surface area contributed by atoms with Crippen LogP contribution in [0.1, 0.15) is 45.1 Å². The highest BCUT2D eigenvalue weighted by Crippen LogP contribution is 2.33. The number of nitrogens with one attached hydrogen (secondary N) is 2. The van der Waals surface area contributed by atoms with Gasteiger partial charge in [0.2, 0.25) is 0 Å². The minimum Gasteiger partial charge on any atom is -0.444 e. The third-order valence-electron chi connectivity index (χ3n) is 4.08. The van der Waals surface area contributed by atoms with E-state index in [-0.39, 0.29) is 17.0 Å². The maximum absolute atomic E-state index is 13.5. The average molecular weight is 423 g/mol. The van der Waals surface area contributed by atoms with Crippen LogP contribution in [0.2, 0.25) is 0 Å². The van der Waals surface area contributed by atoms with Gasteiger partial charge in [-0.2, -0.15) is 18.3 Å². The molecule has 1 aromatic carbocycles. The zero-order valence-corrected chi connectivity index (χ0v) is 16.7. The lowest BCUT2D eigenvalue weighted by molar-refractivity contribution is -0.136. The Morgan fingerprint density at radius 2 is 1.93 bits per heavy atom. The minimum absolute atomic E-state index is 0.112. The largest absolute Gasteiger partial charge is 0.444 e. The molecule has 2 heterocycles. The number of H-pyrrole nitrogens is 1. The molecule has 0 aliphatic heterocycles. The summed E-state index contributed by atoms with van der Waals surface area (Å²) in [6.45, 7) is 6.49. The fourth-order valence-electron chi connectivity index (χ4n) is 2.90. The first-order chi connectivity index (χ1) is 13.9. The Labute approximate surface area is 169 Å². The molecule has 30 heavy (non-hydrogen) atoms. The van der Waals surface area contributed by atoms with Crippen molar-refractivity contribution in [1.29, 1.82) is 0 Å². The molecule has 2 aromatic heterocycles. The Kier molecular flexibility index (Phi) is 5.31. The first-order valence-corrected chi connectivity index (χ1v) is 9.00. The van der Waals surface area contributed by atoms with Gasteiger partial charge in [-0.15, -0.1) is 0 Å². The highest BCUT2D eigenvalue weighted by Gasteiger charge is 2.34. The second kappa shape index (κ2) is 7.47. The Balaban J connectivity index is 2.21. The van der Waals surface area contributed by atoms with E-state index in [9.17, 15) is 22.8 Å². The van der Waals surface area contributed by atoms with Crippen LogP contribution in [-0.4, -0.2) is 31.4 Å². The van der Waals surface area contributed by atoms with Crippen LogP contribution in [0.15, 0.2) is 35.3 Å². The van der Waals surface area contributed by atoms with Gasteiger partial charge in [0.05, 0.1) is 28.7 Å². The number of ether oxygens (including phenoxy) is 1. The smallest absolute Gasteiger partial charge is 0.418 e. The quantitative estimate of drug-likeness (QED) is 0.669. The molecule has 1 amide bonds. The van der Waals surface area contributed by atoms with Crippen LogP contribution < -0.4 is 10.9 Å². The van der Waals surface area contributed by atoms with Crippen molar-refractivity contribution < 1.29 is 22.7 Å². The standard InChI is InChI=1S/C19H20F3N5O3/c1-10(24-17(29)30-18(2,3)4)15-25-14-11(6-5-7-12(14)19(20,21)22)16(28)27(15)13-8-9-23-26-13/h5-10H,1-4H3,(H,23,26)(H,24,29)/t10-/m0/s1. The number of halogens is 3. The van der Waals surface area contributed by atoms with E-state index in [1.165, 1.54) is 25.3 Å². The number of rotatable bonds is 3. The van der Waals surface area contributed by atoms with Crippen LogP contribution in [-0.2, 0) is 10.9 Å². The fraction of sp³-hybridized carbons (Fsp3) is 0.368. The number of benzene rings is 1. The molecule has 2 N–H and O–H groups in total. The van der Waals surface area contributed by atoms with Crippen molar-refractivity contribution in [2.24, 2.45) is 0 Å². The van der Waals surface area contributed by atoms with Crippen molar-refractivity contribution in [2.75, 3.05) is 0 Å². The number of aromatic nitrogens is 4. The molecule has 0 radical (unpaired) electrons. The normalized spacial score (nSPS) is 13.3. The molecule has 0 aliphatic carbocycles. The monoisotopic (exact) mass is 423 g/mol. The highest BCUT2D eigenvalue weighted by molar-refractivity contribution is 5.82. The number of hydrogen-bond acceptors (Lipinski definition) is 5. The second-order valence-electron chi connectivity index (χ2n) is 7.62. The van der Waals surface area contributed by atoms with Crippen molar-refractivity contribution in [3.05, 3.63) is 52.2 Å². The number of carbonyl (C=O) groups is 1. The lowest BCUT2D eigenvalue weighted by Crippen LogP contribution is -2.37. The van der Waals surface area contributed by atoms with Crippen LogP contribution in [0, 0.1) is 0 Å². The topological polar surface area (TPSA) is 102 Å². The molecule has 1 atom stereocenters. The molecule has 0 bridgehead atoms. The summed E-state index contributed by atoms with van der Waals surface area (Å²) >= 11 is 0. The Morgan fingerprint density at radius 3 is 2.50 bits per heavy atom. The van der Waals surface area contributed by atoms with E-state index in [4.69, 9.17) is 4.74 Å². The Bertz CT molecular complexity index is 1130. The van der Waals surface area contributed by atoms with Gasteiger partial charge in [-0.3, -0.25) is 9.89 Å². The Morgan fingerprint density at radius 1 is 1.23 bits per heavy atom. The summed E-state index contributed by atoms with van der Waals surface area (Å²) in [5, 5.41) is 8.67. The van der Waals surface area contributed by atoms with Gasteiger partial charge in [0.1, 0.15) is 17.2 Å². The molecule has 3 aromatic rings. The molecule has 0 saturated heterocycles. The molecule has 11 heteroatoms. The number of fused-ring (bicyclic) bond motifs is 1. The molecule has 0 aliphatic rings. The fourth-order valence-corrected chi connectivity index (χ4v) is 2.90. The van der Waals surface area contributed by atoms with Crippen molar-refractivity contribution in [3.8, 4) is 5.82 Å². The van der Waals surface area contributed by atoms with E-state index in [0.29, 0.717) is 0 Å². The summed E-state index contributed by atoms with van der Waals surface area (Å²) in [5.41, 5.74) is -3.06. The van der Waals surface area contributed by atoms with Gasteiger partial charge >= 0.3 is 12.3 Å². The number of aromatic amines is 1. The number of carbonyl (C=O) groups excluding carboxylic acids is 1. The van der Waals surface area contributed by atoms with Crippen molar-refractivity contribution >= 4 is 17.0 Å². The van der Waals surface area contributed by atoms with E-state index in [1.54, 1.807) is 20.8 Å². The lowest BCUT2D eigenvalue weighted by Gasteiger charge is -2.23. The summed E-state index contributed by atoms with van der Waals surface area (Å²) in [6.07, 6.45) is -4.13. The lowest BCUT2D eigenvalue weighted by atomic mass is 10.1. The van der Waals surface area contributed by atoms with E-state index in [2.05, 4.69) is 20.5 Å². The molecule has 0 saturated carbocycles. The molecule has 160 valence electrons. The van der Waals surface area contributed by atoms with Gasteiger partial charge in [-0.25, -0.2) is 14.3 Å². The highest BCUT2D eigenvalue weighted by atomic mass is 19.4. The maximum Gasteiger partial charge on any atom is 0.418 e. The van der Waals surface area contributed by atoms with Crippen LogP contribution >= 0.6 is 0 Å². The molecular weight excluding hydrogens is 403 g/mol. The number of alkyl carbamates (subject to hydrolysis) is 1. The van der Waals surface area contributed by atoms with Gasteiger partial charge in [-0.1, -0.05) is 6.07 Å². The summed E-state index contributed by atoms with van der Waals surface area (Å²) in [4.78, 5) is 29.4. The Hall–Kier alpha value is -3.37. The zero-order valence-electron chi connectivity index (χ0n) is 16.7. The average Bonchev–Trinajstić information content (AvgIpc) is 3.12. The van der Waals surface area contributed by atoms with E-state index in [1.807, 2.05) is 0 Å². The van der Waals surface area contributed by atoms with Crippen LogP contribution in [0.25, 0.3) is 16.7 Å². The van der Waals surface area contributed by atoms with Gasteiger partial charge < -0.3 is 10.1 Å². The van der Waals surface area contributed by atoms with Crippen LogP contribution in [0.5, 0.6) is 0 Å². The number of nitrogens with zero attached hydrogens (tertiary/aromatic N) is 3. The molecule has 0 spiro atoms. The summed E-state index contributed by atoms with van der Waals surface area (Å²) in [5.74, 6) is 0.0824. The first-order valence-electron chi connectivity index (χ1n) is 9.00. The summed E-state index contributed by atoms with van der Waals surface area (Å²) < 4.78 is 46.8. The van der Waals surface area contributed by atoms with Gasteiger partial charge in [-0.05, 0) is 39.8 Å². The van der Waals surface area contributed by atoms with Gasteiger partial charge in [0.15, 0.2) is 0 Å². The van der Waals surface area contributed by atoms with E-state index >= 15 is 0 Å². The predicted octanol–water partition coefficient (Wildman–Crippen LogP) is 3.71. The SMILES string of the molecule is C[C@H](NC(=O)OC(C)(C)C)c1nc2c(C(F)(F)F)cccc2c(=O)n1-c1ccn[nH]1. The third-order valence-corrected chi connectivity index (χ3v) is 4.08. The number of amides is 1. The molecule has 0 fully saturated rings. The van der Waals surface area contributed by atoms with Gasteiger partial charge in [0, 0.05) is 6.07 Å². The molecule has 0 unspecified atom stereocenters. The van der Waals surface area contributed by atoms with E-state index in [0.717, 1.165) is 16.7 Å². The predicted molar refractivity (Wildman–Crippen MR) is 102 cm³/mol. The van der Waals surface area contributed by atoms with Crippen molar-refractivity contribution in [3.63, 3.8) is 0 Å². The number of alkyl halides is 3. The molecule has 3 rings (SSSR count). The minimum atomic E-state index is -4.71. The van der Waals surface area contributed by atoms with Crippen molar-refractivity contribution in [1.82, 2.24) is 25.1 Å². The molecule has 8 nitrogen and oxygen atoms in total. The third kappa shape index (κ3) is 4.29. The summed E-state index contributed by atoms with van der Waals surface area (Å²) in [6, 6.07) is 3.77. The zero-order chi connectivity index (χ0) is 22.3. The molecular formula is C19H20F3N5O3. The number of hydrogen-bond donors (Lipinski definition) is 2. The maximum atomic E-state index is 13.5. The van der Waals surface area contributed by atoms with Crippen molar-refractivity contribution in [2.45, 2.75) is 45.5 Å². The second-order valence-corrected chi connectivity index (χ2v) is 7.62. The van der Waals surface area contributed by atoms with Crippen LogP contribution in [0.4, 0.5) is 18.0 Å². The van der Waals surface area contributed by atoms with Gasteiger partial charge in [0.25, 0.3) is 5.56 Å². The van der Waals surface area contributed by atoms with E-state index < -0.39 is 40.6 Å².